The van der Waals surface area contributed by atoms with Gasteiger partial charge in [-0.1, -0.05) is 53.4 Å². The molecule has 53 heavy (non-hydrogen) atoms. The average molecular weight is 741 g/mol. The molecule has 0 saturated carbocycles. The molecule has 12 heteroatoms. The molecular formula is C41H56O12. The molecule has 3 aromatic rings. The van der Waals surface area contributed by atoms with Crippen LogP contribution in [0, 0.1) is 0 Å². The molecule has 2 heterocycles. The van der Waals surface area contributed by atoms with Crippen molar-refractivity contribution in [3.05, 3.63) is 46.6 Å². The van der Waals surface area contributed by atoms with Crippen LogP contribution in [0.4, 0.5) is 0 Å². The molecule has 4 rings (SSSR count). The van der Waals surface area contributed by atoms with Gasteiger partial charge in [-0.3, -0.25) is 14.4 Å². The topological polar surface area (TPSA) is 138 Å². The molecule has 1 aliphatic rings. The highest BCUT2D eigenvalue weighted by molar-refractivity contribution is 5.88. The largest absolute Gasteiger partial charge is 0.494 e. The number of rotatable bonds is 21. The standard InChI is InChI=1S/C41H56O12/c1-8-12-20-45-30-18-16-29(17-19-30)37-38(35(44)34-32(47-22-14-10-3)24-31(25-33(34)52-37)46-21-13-9-2)53-41-40(48-23-15-11-4)39(51-28(7)43)36(26(5)49-41)50-27(6)42/h16-19,24-26,36,39-41H,8-15,20-23H2,1-7H3/t26?,36?,39-,40?,41?/m0/s1. The smallest absolute Gasteiger partial charge is 0.303 e. The predicted molar refractivity (Wildman–Crippen MR) is 200 cm³/mol. The van der Waals surface area contributed by atoms with Crippen molar-refractivity contribution < 1.29 is 51.9 Å². The third-order valence-electron chi connectivity index (χ3n) is 8.67. The highest BCUT2D eigenvalue weighted by Gasteiger charge is 2.51. The fraction of sp³-hybridized carbons (Fsp3) is 0.585. The number of carbonyl (C=O) groups excluding carboxylic acids is 2. The summed E-state index contributed by atoms with van der Waals surface area (Å²) in [5.74, 6) is 0.252. The molecule has 1 saturated heterocycles. The second-order valence-corrected chi connectivity index (χ2v) is 13.2. The van der Waals surface area contributed by atoms with E-state index in [2.05, 4.69) is 20.8 Å². The van der Waals surface area contributed by atoms with Crippen LogP contribution >= 0.6 is 0 Å². The van der Waals surface area contributed by atoms with Crippen LogP contribution in [-0.2, 0) is 28.5 Å². The molecule has 0 bridgehead atoms. The Morgan fingerprint density at radius 2 is 1.26 bits per heavy atom. The first-order valence-corrected chi connectivity index (χ1v) is 19.0. The van der Waals surface area contributed by atoms with Crippen molar-refractivity contribution in [2.24, 2.45) is 0 Å². The lowest BCUT2D eigenvalue weighted by Gasteiger charge is -2.43. The van der Waals surface area contributed by atoms with Crippen molar-refractivity contribution in [3.63, 3.8) is 0 Å². The average Bonchev–Trinajstić information content (AvgIpc) is 3.12. The number of benzene rings is 2. The van der Waals surface area contributed by atoms with Crippen LogP contribution in [-0.4, -0.2) is 69.1 Å². The second kappa shape index (κ2) is 20.8. The van der Waals surface area contributed by atoms with E-state index in [9.17, 15) is 14.4 Å². The molecule has 292 valence electrons. The summed E-state index contributed by atoms with van der Waals surface area (Å²) in [6.07, 6.45) is 1.61. The van der Waals surface area contributed by atoms with Crippen molar-refractivity contribution in [3.8, 4) is 34.3 Å². The highest BCUT2D eigenvalue weighted by Crippen LogP contribution is 2.39. The summed E-state index contributed by atoms with van der Waals surface area (Å²) in [6.45, 7) is 14.1. The van der Waals surface area contributed by atoms with E-state index in [1.54, 1.807) is 43.3 Å². The van der Waals surface area contributed by atoms with Gasteiger partial charge in [0.2, 0.25) is 17.5 Å². The number of hydrogen-bond donors (Lipinski definition) is 0. The Bertz CT molecular complexity index is 1670. The third-order valence-corrected chi connectivity index (χ3v) is 8.67. The van der Waals surface area contributed by atoms with E-state index in [1.165, 1.54) is 13.8 Å². The van der Waals surface area contributed by atoms with Gasteiger partial charge in [-0.25, -0.2) is 0 Å². The number of hydrogen-bond acceptors (Lipinski definition) is 12. The lowest BCUT2D eigenvalue weighted by Crippen LogP contribution is -2.61. The Balaban J connectivity index is 1.90. The Morgan fingerprint density at radius 3 is 1.87 bits per heavy atom. The summed E-state index contributed by atoms with van der Waals surface area (Å²) in [4.78, 5) is 39.3. The van der Waals surface area contributed by atoms with Gasteiger partial charge in [-0.2, -0.15) is 0 Å². The minimum absolute atomic E-state index is 0.127. The number of esters is 2. The van der Waals surface area contributed by atoms with Crippen LogP contribution in [0.2, 0.25) is 0 Å². The monoisotopic (exact) mass is 740 g/mol. The van der Waals surface area contributed by atoms with Crippen molar-refractivity contribution in [2.45, 2.75) is 131 Å². The Labute approximate surface area is 312 Å². The van der Waals surface area contributed by atoms with E-state index in [4.69, 9.17) is 42.3 Å². The molecule has 1 aliphatic heterocycles. The van der Waals surface area contributed by atoms with Crippen LogP contribution in [0.5, 0.6) is 23.0 Å². The molecule has 5 atom stereocenters. The van der Waals surface area contributed by atoms with E-state index in [0.717, 1.165) is 44.9 Å². The van der Waals surface area contributed by atoms with Gasteiger partial charge in [0.25, 0.3) is 0 Å². The number of carbonyl (C=O) groups is 2. The lowest BCUT2D eigenvalue weighted by atomic mass is 9.98. The molecule has 0 spiro atoms. The minimum atomic E-state index is -1.28. The van der Waals surface area contributed by atoms with E-state index in [1.807, 2.05) is 6.92 Å². The van der Waals surface area contributed by atoms with Gasteiger partial charge in [0.1, 0.15) is 28.2 Å². The van der Waals surface area contributed by atoms with Crippen LogP contribution in [0.3, 0.4) is 0 Å². The van der Waals surface area contributed by atoms with E-state index < -0.39 is 48.1 Å². The molecule has 0 aliphatic carbocycles. The molecule has 0 radical (unpaired) electrons. The number of unbranched alkanes of at least 4 members (excludes halogenated alkanes) is 4. The van der Waals surface area contributed by atoms with Gasteiger partial charge in [0.05, 0.1) is 25.9 Å². The Hall–Kier alpha value is -4.29. The molecule has 12 nitrogen and oxygen atoms in total. The highest BCUT2D eigenvalue weighted by atomic mass is 16.7. The maximum atomic E-state index is 14.8. The Kier molecular flexibility index (Phi) is 16.3. The third kappa shape index (κ3) is 11.4. The fourth-order valence-corrected chi connectivity index (χ4v) is 5.84. The summed E-state index contributed by atoms with van der Waals surface area (Å²) < 4.78 is 55.1. The fourth-order valence-electron chi connectivity index (χ4n) is 5.84. The van der Waals surface area contributed by atoms with Crippen LogP contribution in [0.25, 0.3) is 22.3 Å². The van der Waals surface area contributed by atoms with Gasteiger partial charge < -0.3 is 42.3 Å². The summed E-state index contributed by atoms with van der Waals surface area (Å²) in [7, 11) is 0. The molecule has 2 aromatic carbocycles. The van der Waals surface area contributed by atoms with Gasteiger partial charge >= 0.3 is 11.9 Å². The Morgan fingerprint density at radius 1 is 0.698 bits per heavy atom. The van der Waals surface area contributed by atoms with Crippen molar-refractivity contribution in [2.75, 3.05) is 26.4 Å². The number of fused-ring (bicyclic) bond motifs is 1. The van der Waals surface area contributed by atoms with Gasteiger partial charge in [0, 0.05) is 38.2 Å². The molecular weight excluding hydrogens is 684 g/mol. The van der Waals surface area contributed by atoms with E-state index in [-0.39, 0.29) is 29.1 Å². The maximum absolute atomic E-state index is 14.8. The molecule has 4 unspecified atom stereocenters. The van der Waals surface area contributed by atoms with Crippen molar-refractivity contribution >= 4 is 22.9 Å². The zero-order valence-corrected chi connectivity index (χ0v) is 32.2. The summed E-state index contributed by atoms with van der Waals surface area (Å²) in [6, 6.07) is 10.6. The SMILES string of the molecule is CCCCOc1ccc(-c2oc3cc(OCCCC)cc(OCCCC)c3c(=O)c2OC2OC(C)C(OC(C)=O)[C@H](OC(C)=O)C2OCCCC)cc1. The van der Waals surface area contributed by atoms with Crippen LogP contribution in [0.1, 0.15) is 99.8 Å². The van der Waals surface area contributed by atoms with Crippen molar-refractivity contribution in [1.29, 1.82) is 0 Å². The van der Waals surface area contributed by atoms with E-state index in [0.29, 0.717) is 49.1 Å². The zero-order valence-electron chi connectivity index (χ0n) is 32.2. The van der Waals surface area contributed by atoms with E-state index >= 15 is 0 Å². The normalized spacial score (nSPS) is 19.8. The van der Waals surface area contributed by atoms with Crippen LogP contribution in [0.15, 0.2) is 45.6 Å². The first kappa shape index (κ1) is 41.5. The minimum Gasteiger partial charge on any atom is -0.494 e. The van der Waals surface area contributed by atoms with Crippen LogP contribution < -0.4 is 24.4 Å². The first-order chi connectivity index (χ1) is 25.6. The zero-order chi connectivity index (χ0) is 38.3. The first-order valence-electron chi connectivity index (χ1n) is 19.0. The van der Waals surface area contributed by atoms with Crippen molar-refractivity contribution in [1.82, 2.24) is 0 Å². The van der Waals surface area contributed by atoms with Gasteiger partial charge in [-0.05, 0) is 56.9 Å². The predicted octanol–water partition coefficient (Wildman–Crippen LogP) is 8.17. The summed E-state index contributed by atoms with van der Waals surface area (Å²) in [5.41, 5.74) is 0.280. The molecule has 1 aromatic heterocycles. The molecule has 1 fully saturated rings. The summed E-state index contributed by atoms with van der Waals surface area (Å²) in [5, 5.41) is 0.170. The second-order valence-electron chi connectivity index (χ2n) is 13.2. The van der Waals surface area contributed by atoms with Gasteiger partial charge in [-0.15, -0.1) is 0 Å². The maximum Gasteiger partial charge on any atom is 0.303 e. The molecule has 0 N–H and O–H groups in total. The summed E-state index contributed by atoms with van der Waals surface area (Å²) >= 11 is 0. The molecule has 0 amide bonds. The lowest BCUT2D eigenvalue weighted by molar-refractivity contribution is -0.285. The van der Waals surface area contributed by atoms with Gasteiger partial charge in [0.15, 0.2) is 24.1 Å². The quantitative estimate of drug-likeness (QED) is 0.0769. The number of ether oxygens (including phenoxy) is 8.